The number of rotatable bonds is 5. The van der Waals surface area contributed by atoms with Gasteiger partial charge in [-0.2, -0.15) is 0 Å². The molecule has 1 aromatic rings. The maximum atomic E-state index is 11.7. The fourth-order valence-electron chi connectivity index (χ4n) is 1.52. The zero-order valence-electron chi connectivity index (χ0n) is 11.6. The molecule has 106 valence electrons. The molecule has 2 N–H and O–H groups in total. The smallest absolute Gasteiger partial charge is 0.260 e. The van der Waals surface area contributed by atoms with Crippen LogP contribution in [0.2, 0.25) is 5.02 Å². The Bertz CT molecular complexity index is 446. The number of hydrogen-bond donors (Lipinski definition) is 2. The lowest BCUT2D eigenvalue weighted by Crippen LogP contribution is -2.40. The van der Waals surface area contributed by atoms with Crippen LogP contribution in [0.15, 0.2) is 18.2 Å². The van der Waals surface area contributed by atoms with Crippen molar-refractivity contribution in [2.75, 3.05) is 0 Å². The normalized spacial score (nSPS) is 14.1. The van der Waals surface area contributed by atoms with Gasteiger partial charge in [0.2, 0.25) is 0 Å². The van der Waals surface area contributed by atoms with E-state index in [9.17, 15) is 9.90 Å². The van der Waals surface area contributed by atoms with Crippen LogP contribution >= 0.6 is 11.6 Å². The second-order valence-electron chi connectivity index (χ2n) is 4.79. The van der Waals surface area contributed by atoms with E-state index in [0.29, 0.717) is 16.3 Å². The third-order valence-corrected chi connectivity index (χ3v) is 2.84. The monoisotopic (exact) mass is 285 g/mol. The van der Waals surface area contributed by atoms with Crippen LogP contribution in [0.1, 0.15) is 39.4 Å². The average molecular weight is 286 g/mol. The van der Waals surface area contributed by atoms with Gasteiger partial charge in [-0.25, -0.2) is 0 Å². The number of carbonyl (C=O) groups is 1. The molecule has 0 aliphatic carbocycles. The maximum Gasteiger partial charge on any atom is 0.260 e. The second-order valence-corrected chi connectivity index (χ2v) is 5.20. The summed E-state index contributed by atoms with van der Waals surface area (Å²) in [4.78, 5) is 11.7. The van der Waals surface area contributed by atoms with Crippen molar-refractivity contribution in [1.82, 2.24) is 5.32 Å². The third kappa shape index (κ3) is 4.73. The van der Waals surface area contributed by atoms with Crippen LogP contribution in [0.4, 0.5) is 0 Å². The van der Waals surface area contributed by atoms with E-state index in [1.54, 1.807) is 32.0 Å². The Morgan fingerprint density at radius 1 is 1.32 bits per heavy atom. The minimum Gasteiger partial charge on any atom is -0.479 e. The molecule has 0 saturated heterocycles. The van der Waals surface area contributed by atoms with Crippen molar-refractivity contribution in [1.29, 1.82) is 0 Å². The van der Waals surface area contributed by atoms with Crippen LogP contribution in [0.25, 0.3) is 0 Å². The molecule has 1 aromatic carbocycles. The molecule has 0 radical (unpaired) electrons. The summed E-state index contributed by atoms with van der Waals surface area (Å²) in [5.41, 5.74) is 0.705. The zero-order valence-corrected chi connectivity index (χ0v) is 12.4. The molecule has 1 rings (SSSR count). The number of amides is 1. The van der Waals surface area contributed by atoms with Crippen LogP contribution in [0, 0.1) is 0 Å². The fraction of sp³-hybridized carbons (Fsp3) is 0.500. The highest BCUT2D eigenvalue weighted by atomic mass is 35.5. The van der Waals surface area contributed by atoms with Gasteiger partial charge in [-0.15, -0.1) is 0 Å². The van der Waals surface area contributed by atoms with Gasteiger partial charge in [-0.05, 0) is 45.4 Å². The summed E-state index contributed by atoms with van der Waals surface area (Å²) in [5, 5.41) is 12.6. The number of aliphatic hydroxyl groups is 1. The molecular weight excluding hydrogens is 266 g/mol. The standard InChI is InChI=1S/C14H20ClNO3/c1-8(2)16-14(18)10(4)19-13-6-5-11(9(3)17)7-12(13)15/h5-10,17H,1-4H3,(H,16,18)/t9-,10?/m1/s1. The van der Waals surface area contributed by atoms with E-state index in [4.69, 9.17) is 16.3 Å². The molecule has 2 atom stereocenters. The summed E-state index contributed by atoms with van der Waals surface area (Å²) < 4.78 is 5.52. The molecule has 1 amide bonds. The summed E-state index contributed by atoms with van der Waals surface area (Å²) in [6.45, 7) is 7.09. The summed E-state index contributed by atoms with van der Waals surface area (Å²) in [5.74, 6) is 0.239. The summed E-state index contributed by atoms with van der Waals surface area (Å²) in [6, 6.07) is 5.07. The largest absolute Gasteiger partial charge is 0.479 e. The van der Waals surface area contributed by atoms with Crippen LogP contribution < -0.4 is 10.1 Å². The average Bonchev–Trinajstić information content (AvgIpc) is 2.30. The first-order valence-corrected chi connectivity index (χ1v) is 6.63. The molecule has 0 heterocycles. The van der Waals surface area contributed by atoms with Crippen molar-refractivity contribution < 1.29 is 14.6 Å². The number of halogens is 1. The van der Waals surface area contributed by atoms with Gasteiger partial charge in [0.15, 0.2) is 6.10 Å². The van der Waals surface area contributed by atoms with E-state index >= 15 is 0 Å². The van der Waals surface area contributed by atoms with Crippen LogP contribution in [-0.2, 0) is 4.79 Å². The van der Waals surface area contributed by atoms with Crippen molar-refractivity contribution in [2.24, 2.45) is 0 Å². The Labute approximate surface area is 118 Å². The minimum absolute atomic E-state index is 0.0617. The molecule has 4 nitrogen and oxygen atoms in total. The van der Waals surface area contributed by atoms with Crippen LogP contribution in [0.5, 0.6) is 5.75 Å². The van der Waals surface area contributed by atoms with Crippen molar-refractivity contribution in [3.8, 4) is 5.75 Å². The van der Waals surface area contributed by atoms with Gasteiger partial charge >= 0.3 is 0 Å². The third-order valence-electron chi connectivity index (χ3n) is 2.54. The summed E-state index contributed by atoms with van der Waals surface area (Å²) >= 11 is 6.06. The topological polar surface area (TPSA) is 58.6 Å². The predicted octanol–water partition coefficient (Wildman–Crippen LogP) is 2.69. The van der Waals surface area contributed by atoms with E-state index in [-0.39, 0.29) is 11.9 Å². The van der Waals surface area contributed by atoms with Gasteiger partial charge in [0.25, 0.3) is 5.91 Å². The Kier molecular flexibility index (Phi) is 5.63. The van der Waals surface area contributed by atoms with Gasteiger partial charge in [0, 0.05) is 6.04 Å². The molecule has 0 aromatic heterocycles. The number of ether oxygens (including phenoxy) is 1. The highest BCUT2D eigenvalue weighted by molar-refractivity contribution is 6.32. The molecule has 0 fully saturated rings. The molecule has 0 aliphatic rings. The summed E-state index contributed by atoms with van der Waals surface area (Å²) in [6.07, 6.45) is -1.22. The van der Waals surface area contributed by atoms with Crippen LogP contribution in [0.3, 0.4) is 0 Å². The fourth-order valence-corrected chi connectivity index (χ4v) is 1.75. The molecule has 0 bridgehead atoms. The minimum atomic E-state index is -0.628. The first-order valence-electron chi connectivity index (χ1n) is 6.25. The van der Waals surface area contributed by atoms with Gasteiger partial charge in [-0.3, -0.25) is 4.79 Å². The van der Waals surface area contributed by atoms with Crippen molar-refractivity contribution >= 4 is 17.5 Å². The molecular formula is C14H20ClNO3. The number of aliphatic hydroxyl groups excluding tert-OH is 1. The first-order chi connectivity index (χ1) is 8.81. The van der Waals surface area contributed by atoms with E-state index in [1.807, 2.05) is 13.8 Å². The second kappa shape index (κ2) is 6.78. The SMILES string of the molecule is CC(C)NC(=O)C(C)Oc1ccc([C@@H](C)O)cc1Cl. The van der Waals surface area contributed by atoms with E-state index in [0.717, 1.165) is 0 Å². The molecule has 5 heteroatoms. The van der Waals surface area contributed by atoms with Crippen molar-refractivity contribution in [3.05, 3.63) is 28.8 Å². The lowest BCUT2D eigenvalue weighted by Gasteiger charge is -2.17. The number of hydrogen-bond acceptors (Lipinski definition) is 3. The number of benzene rings is 1. The van der Waals surface area contributed by atoms with Gasteiger partial charge < -0.3 is 15.2 Å². The van der Waals surface area contributed by atoms with Gasteiger partial charge in [-0.1, -0.05) is 17.7 Å². The lowest BCUT2D eigenvalue weighted by atomic mass is 10.1. The Balaban J connectivity index is 2.74. The lowest BCUT2D eigenvalue weighted by molar-refractivity contribution is -0.127. The molecule has 0 saturated carbocycles. The number of nitrogens with one attached hydrogen (secondary N) is 1. The maximum absolute atomic E-state index is 11.7. The number of carbonyl (C=O) groups excluding carboxylic acids is 1. The first kappa shape index (κ1) is 15.8. The zero-order chi connectivity index (χ0) is 14.6. The van der Waals surface area contributed by atoms with Gasteiger partial charge in [0.1, 0.15) is 5.75 Å². The Morgan fingerprint density at radius 3 is 2.42 bits per heavy atom. The molecule has 19 heavy (non-hydrogen) atoms. The van der Waals surface area contributed by atoms with E-state index < -0.39 is 12.2 Å². The summed E-state index contributed by atoms with van der Waals surface area (Å²) in [7, 11) is 0. The van der Waals surface area contributed by atoms with E-state index in [1.165, 1.54) is 0 Å². The van der Waals surface area contributed by atoms with E-state index in [2.05, 4.69) is 5.32 Å². The van der Waals surface area contributed by atoms with Crippen LogP contribution in [-0.4, -0.2) is 23.2 Å². The van der Waals surface area contributed by atoms with Crippen molar-refractivity contribution in [2.45, 2.75) is 45.9 Å². The molecule has 0 spiro atoms. The highest BCUT2D eigenvalue weighted by Crippen LogP contribution is 2.28. The predicted molar refractivity (Wildman–Crippen MR) is 75.5 cm³/mol. The highest BCUT2D eigenvalue weighted by Gasteiger charge is 2.17. The molecule has 1 unspecified atom stereocenters. The Morgan fingerprint density at radius 2 is 1.95 bits per heavy atom. The molecule has 0 aliphatic heterocycles. The quantitative estimate of drug-likeness (QED) is 0.874. The Hall–Kier alpha value is -1.26. The van der Waals surface area contributed by atoms with Crippen molar-refractivity contribution in [3.63, 3.8) is 0 Å². The van der Waals surface area contributed by atoms with Gasteiger partial charge in [0.05, 0.1) is 11.1 Å².